The van der Waals surface area contributed by atoms with Gasteiger partial charge in [0.15, 0.2) is 17.5 Å². The van der Waals surface area contributed by atoms with Crippen molar-refractivity contribution in [2.45, 2.75) is 6.04 Å². The van der Waals surface area contributed by atoms with Crippen LogP contribution in [-0.2, 0) is 9.53 Å². The van der Waals surface area contributed by atoms with Gasteiger partial charge in [0.2, 0.25) is 5.91 Å². The van der Waals surface area contributed by atoms with Crippen LogP contribution in [0.25, 0.3) is 0 Å². The fourth-order valence-corrected chi connectivity index (χ4v) is 1.73. The molecule has 0 aliphatic carbocycles. The smallest absolute Gasteiger partial charge is 0.251 e. The van der Waals surface area contributed by atoms with Crippen molar-refractivity contribution in [2.24, 2.45) is 5.73 Å². The van der Waals surface area contributed by atoms with Crippen LogP contribution in [0.2, 0.25) is 0 Å². The fraction of sp³-hybridized carbons (Fsp3) is 0.400. The Labute approximate surface area is 100 Å². The normalized spacial score (nSPS) is 19.9. The van der Waals surface area contributed by atoms with Gasteiger partial charge in [0.25, 0.3) is 5.95 Å². The van der Waals surface area contributed by atoms with E-state index in [2.05, 4.69) is 4.98 Å². The van der Waals surface area contributed by atoms with Crippen molar-refractivity contribution in [3.63, 3.8) is 0 Å². The Morgan fingerprint density at radius 2 is 2.17 bits per heavy atom. The van der Waals surface area contributed by atoms with Gasteiger partial charge in [-0.05, 0) is 0 Å². The first-order valence-electron chi connectivity index (χ1n) is 5.16. The summed E-state index contributed by atoms with van der Waals surface area (Å²) in [6.45, 7) is 0.280. The lowest BCUT2D eigenvalue weighted by Crippen LogP contribution is -2.53. The van der Waals surface area contributed by atoms with E-state index in [1.54, 1.807) is 0 Å². The van der Waals surface area contributed by atoms with E-state index in [9.17, 15) is 18.0 Å². The molecule has 1 unspecified atom stereocenters. The lowest BCUT2D eigenvalue weighted by atomic mass is 10.2. The highest BCUT2D eigenvalue weighted by Gasteiger charge is 2.31. The zero-order valence-corrected chi connectivity index (χ0v) is 9.20. The maximum absolute atomic E-state index is 13.5. The molecule has 0 saturated carbocycles. The van der Waals surface area contributed by atoms with Crippen molar-refractivity contribution >= 4 is 11.7 Å². The highest BCUT2D eigenvalue weighted by Crippen LogP contribution is 2.22. The molecule has 0 radical (unpaired) electrons. The van der Waals surface area contributed by atoms with Gasteiger partial charge in [-0.3, -0.25) is 4.79 Å². The van der Waals surface area contributed by atoms with Crippen LogP contribution < -0.4 is 10.6 Å². The number of nitrogens with two attached hydrogens (primary N) is 1. The minimum absolute atomic E-state index is 0.0462. The van der Waals surface area contributed by atoms with Crippen molar-refractivity contribution in [1.29, 1.82) is 0 Å². The molecule has 1 aromatic heterocycles. The van der Waals surface area contributed by atoms with E-state index >= 15 is 0 Å². The predicted molar refractivity (Wildman–Crippen MR) is 55.3 cm³/mol. The first-order valence-corrected chi connectivity index (χ1v) is 5.16. The Kier molecular flexibility index (Phi) is 3.37. The molecule has 0 aromatic carbocycles. The molecule has 1 amide bonds. The van der Waals surface area contributed by atoms with Crippen LogP contribution in [0.5, 0.6) is 0 Å². The zero-order chi connectivity index (χ0) is 13.3. The number of anilines is 1. The van der Waals surface area contributed by atoms with Gasteiger partial charge in [0.05, 0.1) is 13.2 Å². The molecular weight excluding hydrogens is 251 g/mol. The number of nitrogens with zero attached hydrogens (tertiary/aromatic N) is 2. The number of hydrogen-bond acceptors (Lipinski definition) is 4. The third-order valence-corrected chi connectivity index (χ3v) is 2.60. The van der Waals surface area contributed by atoms with Crippen LogP contribution in [0.15, 0.2) is 6.07 Å². The van der Waals surface area contributed by atoms with E-state index in [1.165, 1.54) is 4.90 Å². The minimum Gasteiger partial charge on any atom is -0.377 e. The quantitative estimate of drug-likeness (QED) is 0.772. The largest absolute Gasteiger partial charge is 0.377 e. The second kappa shape index (κ2) is 4.81. The molecule has 0 spiro atoms. The number of pyridine rings is 1. The summed E-state index contributed by atoms with van der Waals surface area (Å²) in [4.78, 5) is 15.5. The third-order valence-electron chi connectivity index (χ3n) is 2.60. The molecule has 8 heteroatoms. The number of carbonyl (C=O) groups excluding carboxylic acids is 1. The van der Waals surface area contributed by atoms with Crippen LogP contribution in [0.1, 0.15) is 0 Å². The fourth-order valence-electron chi connectivity index (χ4n) is 1.73. The van der Waals surface area contributed by atoms with Crippen LogP contribution in [0.4, 0.5) is 19.0 Å². The number of rotatable bonds is 2. The number of aromatic nitrogens is 1. The summed E-state index contributed by atoms with van der Waals surface area (Å²) < 4.78 is 44.4. The molecule has 18 heavy (non-hydrogen) atoms. The Balaban J connectivity index is 2.39. The topological polar surface area (TPSA) is 68.5 Å². The standard InChI is InChI=1S/C10H10F3N3O2/c11-5-3-6(12)10(15-8(5)13)16-1-2-18-4-7(16)9(14)17/h3,7H,1-2,4H2,(H2,14,17). The number of halogens is 3. The van der Waals surface area contributed by atoms with Gasteiger partial charge in [-0.25, -0.2) is 8.78 Å². The van der Waals surface area contributed by atoms with Crippen molar-refractivity contribution in [2.75, 3.05) is 24.7 Å². The maximum Gasteiger partial charge on any atom is 0.251 e. The molecule has 2 N–H and O–H groups in total. The lowest BCUT2D eigenvalue weighted by Gasteiger charge is -2.34. The molecule has 1 aromatic rings. The van der Waals surface area contributed by atoms with Crippen molar-refractivity contribution in [3.8, 4) is 0 Å². The average molecular weight is 261 g/mol. The number of carbonyl (C=O) groups is 1. The second-order valence-electron chi connectivity index (χ2n) is 3.75. The summed E-state index contributed by atoms with van der Waals surface area (Å²) >= 11 is 0. The van der Waals surface area contributed by atoms with Crippen molar-refractivity contribution in [3.05, 3.63) is 23.6 Å². The Bertz CT molecular complexity index is 484. The van der Waals surface area contributed by atoms with Crippen LogP contribution in [0, 0.1) is 17.6 Å². The molecule has 1 saturated heterocycles. The molecule has 5 nitrogen and oxygen atoms in total. The zero-order valence-electron chi connectivity index (χ0n) is 9.20. The first kappa shape index (κ1) is 12.6. The van der Waals surface area contributed by atoms with Gasteiger partial charge in [0, 0.05) is 12.6 Å². The van der Waals surface area contributed by atoms with E-state index in [4.69, 9.17) is 10.5 Å². The Morgan fingerprint density at radius 3 is 2.83 bits per heavy atom. The van der Waals surface area contributed by atoms with Gasteiger partial charge in [0.1, 0.15) is 6.04 Å². The molecular formula is C10H10F3N3O2. The van der Waals surface area contributed by atoms with Crippen LogP contribution >= 0.6 is 0 Å². The Morgan fingerprint density at radius 1 is 1.44 bits per heavy atom. The summed E-state index contributed by atoms with van der Waals surface area (Å²) in [6.07, 6.45) is 0. The number of ether oxygens (including phenoxy) is 1. The average Bonchev–Trinajstić information content (AvgIpc) is 2.34. The molecule has 1 aliphatic rings. The van der Waals surface area contributed by atoms with Gasteiger partial charge in [-0.1, -0.05) is 0 Å². The van der Waals surface area contributed by atoms with E-state index < -0.39 is 35.3 Å². The lowest BCUT2D eigenvalue weighted by molar-refractivity contribution is -0.121. The van der Waals surface area contributed by atoms with Crippen LogP contribution in [0.3, 0.4) is 0 Å². The number of hydrogen-bond donors (Lipinski definition) is 1. The molecule has 1 atom stereocenters. The summed E-state index contributed by atoms with van der Waals surface area (Å²) in [7, 11) is 0. The first-order chi connectivity index (χ1) is 8.50. The van der Waals surface area contributed by atoms with E-state index in [-0.39, 0.29) is 19.8 Å². The van der Waals surface area contributed by atoms with Crippen LogP contribution in [-0.4, -0.2) is 36.7 Å². The predicted octanol–water partition coefficient (Wildman–Crippen LogP) is 0.189. The summed E-state index contributed by atoms with van der Waals surface area (Å²) in [6, 6.07) is -0.573. The van der Waals surface area contributed by atoms with E-state index in [0.29, 0.717) is 6.07 Å². The Hall–Kier alpha value is -1.83. The summed E-state index contributed by atoms with van der Waals surface area (Å²) in [5, 5.41) is 0. The molecule has 2 rings (SSSR count). The van der Waals surface area contributed by atoms with Gasteiger partial charge in [-0.2, -0.15) is 9.37 Å². The third kappa shape index (κ3) is 2.23. The summed E-state index contributed by atoms with van der Waals surface area (Å²) in [5.74, 6) is -5.06. The van der Waals surface area contributed by atoms with E-state index in [0.717, 1.165) is 0 Å². The summed E-state index contributed by atoms with van der Waals surface area (Å²) in [5.41, 5.74) is 5.13. The van der Waals surface area contributed by atoms with Gasteiger partial charge >= 0.3 is 0 Å². The monoisotopic (exact) mass is 261 g/mol. The number of morpholine rings is 1. The van der Waals surface area contributed by atoms with E-state index in [1.807, 2.05) is 0 Å². The molecule has 1 fully saturated rings. The molecule has 0 bridgehead atoms. The SMILES string of the molecule is NC(=O)C1COCCN1c1nc(F)c(F)cc1F. The second-order valence-corrected chi connectivity index (χ2v) is 3.75. The van der Waals surface area contributed by atoms with Crippen molar-refractivity contribution in [1.82, 2.24) is 4.98 Å². The highest BCUT2D eigenvalue weighted by atomic mass is 19.2. The van der Waals surface area contributed by atoms with Crippen molar-refractivity contribution < 1.29 is 22.7 Å². The maximum atomic E-state index is 13.5. The van der Waals surface area contributed by atoms with Gasteiger partial charge < -0.3 is 15.4 Å². The molecule has 1 aliphatic heterocycles. The van der Waals surface area contributed by atoms with Gasteiger partial charge in [-0.15, -0.1) is 0 Å². The molecule has 98 valence electrons. The molecule has 2 heterocycles. The minimum atomic E-state index is -1.43. The number of amides is 1. The number of primary amides is 1. The highest BCUT2D eigenvalue weighted by molar-refractivity contribution is 5.83.